The molecule has 1 N–H and O–H groups in total. The molecule has 2 fully saturated rings. The Labute approximate surface area is 115 Å². The van der Waals surface area contributed by atoms with Crippen molar-refractivity contribution in [2.24, 2.45) is 0 Å². The average molecular weight is 260 g/mol. The molecule has 4 heteroatoms. The van der Waals surface area contributed by atoms with E-state index in [0.717, 1.165) is 24.5 Å². The van der Waals surface area contributed by atoms with E-state index in [9.17, 15) is 0 Å². The number of aromatic nitrogens is 2. The van der Waals surface area contributed by atoms with Crippen LogP contribution in [-0.2, 0) is 6.54 Å². The fourth-order valence-corrected chi connectivity index (χ4v) is 3.75. The van der Waals surface area contributed by atoms with Gasteiger partial charge in [0.2, 0.25) is 0 Å². The first-order chi connectivity index (χ1) is 9.26. The zero-order valence-corrected chi connectivity index (χ0v) is 12.0. The van der Waals surface area contributed by atoms with Crippen LogP contribution in [0.1, 0.15) is 43.6 Å². The second-order valence-corrected chi connectivity index (χ2v) is 5.96. The monoisotopic (exact) mass is 260 g/mol. The van der Waals surface area contributed by atoms with Crippen molar-refractivity contribution in [3.8, 4) is 0 Å². The predicted octanol–water partition coefficient (Wildman–Crippen LogP) is 1.89. The Morgan fingerprint density at radius 1 is 1.32 bits per heavy atom. The Kier molecular flexibility index (Phi) is 3.80. The van der Waals surface area contributed by atoms with E-state index >= 15 is 0 Å². The van der Waals surface area contributed by atoms with Crippen molar-refractivity contribution < 1.29 is 0 Å². The summed E-state index contributed by atoms with van der Waals surface area (Å²) in [6.07, 6.45) is 8.55. The number of rotatable bonds is 3. The summed E-state index contributed by atoms with van der Waals surface area (Å²) >= 11 is 0. The molecule has 2 unspecified atom stereocenters. The molecule has 2 saturated heterocycles. The molecule has 0 amide bonds. The normalized spacial score (nSPS) is 31.4. The summed E-state index contributed by atoms with van der Waals surface area (Å²) < 4.78 is 0. The van der Waals surface area contributed by atoms with Gasteiger partial charge in [0.1, 0.15) is 5.82 Å². The molecule has 3 rings (SSSR count). The Morgan fingerprint density at radius 2 is 2.05 bits per heavy atom. The molecular formula is C15H24N4. The lowest BCUT2D eigenvalue weighted by molar-refractivity contribution is 0.0180. The summed E-state index contributed by atoms with van der Waals surface area (Å²) in [6.45, 7) is 2.96. The fraction of sp³-hybridized carbons (Fsp3) is 0.733. The Hall–Kier alpha value is -1.00. The maximum Gasteiger partial charge on any atom is 0.125 e. The third kappa shape index (κ3) is 2.79. The number of fused-ring (bicyclic) bond motifs is 2. The minimum atomic E-state index is 0.707. The largest absolute Gasteiger partial charge is 0.317 e. The van der Waals surface area contributed by atoms with Gasteiger partial charge in [0.05, 0.1) is 5.69 Å². The lowest BCUT2D eigenvalue weighted by atomic mass is 9.81. The highest BCUT2D eigenvalue weighted by molar-refractivity contribution is 5.04. The van der Waals surface area contributed by atoms with Gasteiger partial charge in [-0.25, -0.2) is 9.97 Å². The molecule has 0 aromatic carbocycles. The summed E-state index contributed by atoms with van der Waals surface area (Å²) in [6, 6.07) is 4.24. The standard InChI is InChI=1S/C15H24N4/c1-11-17-7-6-12(18-11)10-19-14-4-3-5-15(19)9-13(8-14)16-2/h6-7,13-16H,3-5,8-10H2,1-2H3. The summed E-state index contributed by atoms with van der Waals surface area (Å²) in [5.74, 6) is 0.882. The summed E-state index contributed by atoms with van der Waals surface area (Å²) in [5, 5.41) is 3.47. The first-order valence-electron chi connectivity index (χ1n) is 7.48. The lowest BCUT2D eigenvalue weighted by Gasteiger charge is -2.48. The number of aryl methyl sites for hydroxylation is 1. The number of nitrogens with one attached hydrogen (secondary N) is 1. The van der Waals surface area contributed by atoms with Gasteiger partial charge in [-0.1, -0.05) is 6.42 Å². The van der Waals surface area contributed by atoms with Crippen LogP contribution in [0.2, 0.25) is 0 Å². The van der Waals surface area contributed by atoms with Crippen LogP contribution in [0.25, 0.3) is 0 Å². The van der Waals surface area contributed by atoms with Gasteiger partial charge in [-0.05, 0) is 45.7 Å². The SMILES string of the molecule is CNC1CC2CCCC(C1)N2Cc1ccnc(C)n1. The molecule has 4 nitrogen and oxygen atoms in total. The molecule has 0 spiro atoms. The number of piperidine rings is 2. The number of hydrogen-bond donors (Lipinski definition) is 1. The van der Waals surface area contributed by atoms with Crippen LogP contribution in [-0.4, -0.2) is 40.0 Å². The molecular weight excluding hydrogens is 236 g/mol. The predicted molar refractivity (Wildman–Crippen MR) is 75.8 cm³/mol. The van der Waals surface area contributed by atoms with Gasteiger partial charge in [0.25, 0.3) is 0 Å². The van der Waals surface area contributed by atoms with Gasteiger partial charge in [0.15, 0.2) is 0 Å². The van der Waals surface area contributed by atoms with Gasteiger partial charge in [-0.3, -0.25) is 4.90 Å². The maximum atomic E-state index is 4.57. The van der Waals surface area contributed by atoms with Crippen LogP contribution in [0.15, 0.2) is 12.3 Å². The van der Waals surface area contributed by atoms with Gasteiger partial charge in [-0.15, -0.1) is 0 Å². The van der Waals surface area contributed by atoms with E-state index in [1.165, 1.54) is 37.8 Å². The molecule has 3 heterocycles. The minimum Gasteiger partial charge on any atom is -0.317 e. The quantitative estimate of drug-likeness (QED) is 0.901. The molecule has 2 atom stereocenters. The highest BCUT2D eigenvalue weighted by atomic mass is 15.2. The van der Waals surface area contributed by atoms with E-state index in [2.05, 4.69) is 33.3 Å². The minimum absolute atomic E-state index is 0.707. The van der Waals surface area contributed by atoms with Crippen LogP contribution in [0.3, 0.4) is 0 Å². The highest BCUT2D eigenvalue weighted by Gasteiger charge is 2.37. The Bertz CT molecular complexity index is 420. The van der Waals surface area contributed by atoms with Crippen molar-refractivity contribution in [1.29, 1.82) is 0 Å². The van der Waals surface area contributed by atoms with Gasteiger partial charge < -0.3 is 5.32 Å². The lowest BCUT2D eigenvalue weighted by Crippen LogP contribution is -2.55. The maximum absolute atomic E-state index is 4.57. The molecule has 1 aromatic heterocycles. The Morgan fingerprint density at radius 3 is 2.68 bits per heavy atom. The summed E-state index contributed by atoms with van der Waals surface area (Å²) in [7, 11) is 2.10. The molecule has 2 aliphatic rings. The average Bonchev–Trinajstić information content (AvgIpc) is 2.38. The zero-order valence-electron chi connectivity index (χ0n) is 12.0. The van der Waals surface area contributed by atoms with E-state index in [1.54, 1.807) is 0 Å². The van der Waals surface area contributed by atoms with Crippen molar-refractivity contribution in [2.75, 3.05) is 7.05 Å². The van der Waals surface area contributed by atoms with Crippen LogP contribution in [0.5, 0.6) is 0 Å². The second kappa shape index (κ2) is 5.55. The van der Waals surface area contributed by atoms with E-state index in [4.69, 9.17) is 0 Å². The van der Waals surface area contributed by atoms with Crippen molar-refractivity contribution >= 4 is 0 Å². The van der Waals surface area contributed by atoms with Gasteiger partial charge >= 0.3 is 0 Å². The summed E-state index contributed by atoms with van der Waals surface area (Å²) in [5.41, 5.74) is 1.17. The Balaban J connectivity index is 1.73. The smallest absolute Gasteiger partial charge is 0.125 e. The molecule has 0 aliphatic carbocycles. The van der Waals surface area contributed by atoms with E-state index in [1.807, 2.05) is 13.1 Å². The van der Waals surface area contributed by atoms with Crippen LogP contribution in [0.4, 0.5) is 0 Å². The van der Waals surface area contributed by atoms with Crippen LogP contribution in [0, 0.1) is 6.92 Å². The molecule has 1 aromatic rings. The molecule has 2 bridgehead atoms. The van der Waals surface area contributed by atoms with Crippen molar-refractivity contribution in [1.82, 2.24) is 20.2 Å². The first-order valence-corrected chi connectivity index (χ1v) is 7.48. The summed E-state index contributed by atoms with van der Waals surface area (Å²) in [4.78, 5) is 11.4. The zero-order chi connectivity index (χ0) is 13.2. The molecule has 0 saturated carbocycles. The van der Waals surface area contributed by atoms with Crippen LogP contribution >= 0.6 is 0 Å². The topological polar surface area (TPSA) is 41.0 Å². The highest BCUT2D eigenvalue weighted by Crippen LogP contribution is 2.34. The van der Waals surface area contributed by atoms with E-state index in [-0.39, 0.29) is 0 Å². The van der Waals surface area contributed by atoms with Gasteiger partial charge in [-0.2, -0.15) is 0 Å². The van der Waals surface area contributed by atoms with Crippen molar-refractivity contribution in [3.63, 3.8) is 0 Å². The van der Waals surface area contributed by atoms with Crippen molar-refractivity contribution in [3.05, 3.63) is 23.8 Å². The van der Waals surface area contributed by atoms with E-state index < -0.39 is 0 Å². The number of nitrogens with zero attached hydrogens (tertiary/aromatic N) is 3. The molecule has 104 valence electrons. The first kappa shape index (κ1) is 13.0. The fourth-order valence-electron chi connectivity index (χ4n) is 3.75. The third-order valence-electron chi connectivity index (χ3n) is 4.71. The third-order valence-corrected chi connectivity index (χ3v) is 4.71. The molecule has 19 heavy (non-hydrogen) atoms. The molecule has 0 radical (unpaired) electrons. The second-order valence-electron chi connectivity index (χ2n) is 5.96. The van der Waals surface area contributed by atoms with Crippen LogP contribution < -0.4 is 5.32 Å². The number of hydrogen-bond acceptors (Lipinski definition) is 4. The van der Waals surface area contributed by atoms with Crippen molar-refractivity contribution in [2.45, 2.75) is 63.7 Å². The van der Waals surface area contributed by atoms with E-state index in [0.29, 0.717) is 6.04 Å². The molecule has 2 aliphatic heterocycles. The van der Waals surface area contributed by atoms with Gasteiger partial charge in [0, 0.05) is 30.9 Å².